The van der Waals surface area contributed by atoms with Gasteiger partial charge in [0, 0.05) is 10.9 Å². The summed E-state index contributed by atoms with van der Waals surface area (Å²) in [6, 6.07) is 10.2. The second kappa shape index (κ2) is 7.21. The number of nitrogens with one attached hydrogen (secondary N) is 1. The normalized spacial score (nSPS) is 15.4. The van der Waals surface area contributed by atoms with Crippen LogP contribution in [-0.4, -0.2) is 21.0 Å². The van der Waals surface area contributed by atoms with Crippen LogP contribution in [-0.2, 0) is 11.3 Å². The molecule has 6 nitrogen and oxygen atoms in total. The van der Waals surface area contributed by atoms with E-state index in [1.807, 2.05) is 36.6 Å². The molecule has 4 rings (SSSR count). The summed E-state index contributed by atoms with van der Waals surface area (Å²) in [5.41, 5.74) is 1.89. The van der Waals surface area contributed by atoms with Crippen LogP contribution < -0.4 is 10.9 Å². The van der Waals surface area contributed by atoms with Crippen molar-refractivity contribution in [1.29, 1.82) is 5.26 Å². The monoisotopic (exact) mass is 392 g/mol. The minimum atomic E-state index is -0.798. The topological polar surface area (TPSA) is 87.8 Å². The number of carbonyl (C=O) groups is 1. The second-order valence-electron chi connectivity index (χ2n) is 7.32. The number of fused-ring (bicyclic) bond motifs is 1. The molecule has 1 aliphatic rings. The molecule has 1 N–H and O–H groups in total. The quantitative estimate of drug-likeness (QED) is 0.737. The third kappa shape index (κ3) is 3.32. The molecule has 1 aliphatic carbocycles. The highest BCUT2D eigenvalue weighted by atomic mass is 32.1. The van der Waals surface area contributed by atoms with Crippen molar-refractivity contribution < 1.29 is 4.79 Å². The van der Waals surface area contributed by atoms with Gasteiger partial charge in [-0.25, -0.2) is 4.98 Å². The van der Waals surface area contributed by atoms with E-state index in [1.165, 1.54) is 22.2 Å². The smallest absolute Gasteiger partial charge is 0.263 e. The van der Waals surface area contributed by atoms with E-state index in [9.17, 15) is 14.9 Å². The Labute approximate surface area is 166 Å². The number of nitriles is 1. The Morgan fingerprint density at radius 3 is 2.71 bits per heavy atom. The molecule has 3 aromatic rings. The Hall–Kier alpha value is -2.98. The summed E-state index contributed by atoms with van der Waals surface area (Å²) in [6.07, 6.45) is 4.58. The summed E-state index contributed by atoms with van der Waals surface area (Å²) in [4.78, 5) is 30.6. The lowest BCUT2D eigenvalue weighted by atomic mass is 10.00. The highest BCUT2D eigenvalue weighted by molar-refractivity contribution is 7.17. The molecule has 2 aromatic heterocycles. The molecule has 0 spiro atoms. The van der Waals surface area contributed by atoms with Crippen molar-refractivity contribution in [3.63, 3.8) is 0 Å². The molecule has 0 saturated heterocycles. The van der Waals surface area contributed by atoms with Crippen LogP contribution >= 0.6 is 11.3 Å². The summed E-state index contributed by atoms with van der Waals surface area (Å²) in [7, 11) is 0. The van der Waals surface area contributed by atoms with Gasteiger partial charge in [-0.3, -0.25) is 14.2 Å². The summed E-state index contributed by atoms with van der Waals surface area (Å²) < 4.78 is 1.32. The third-order valence-corrected chi connectivity index (χ3v) is 6.17. The number of nitrogens with zero attached hydrogens (tertiary/aromatic N) is 3. The van der Waals surface area contributed by atoms with Gasteiger partial charge in [0.1, 0.15) is 16.9 Å². The minimum Gasteiger partial charge on any atom is -0.336 e. The van der Waals surface area contributed by atoms with Gasteiger partial charge in [0.15, 0.2) is 0 Å². The lowest BCUT2D eigenvalue weighted by Gasteiger charge is -2.22. The molecule has 2 heterocycles. The Kier molecular flexibility index (Phi) is 4.73. The fourth-order valence-corrected chi connectivity index (χ4v) is 4.64. The predicted molar refractivity (Wildman–Crippen MR) is 109 cm³/mol. The van der Waals surface area contributed by atoms with E-state index < -0.39 is 5.54 Å². The number of hydrogen-bond acceptors (Lipinski definition) is 5. The zero-order valence-electron chi connectivity index (χ0n) is 15.6. The standard InChI is InChI=1S/C21H20N4O2S/c1-14-4-6-15(7-5-14)16-11-28-19-18(16)20(27)25(13-23-19)10-17(26)24-21(12-22)8-2-3-9-21/h4-7,11,13H,2-3,8-10H2,1H3,(H,24,26). The first kappa shape index (κ1) is 18.4. The first-order valence-corrected chi connectivity index (χ1v) is 10.2. The van der Waals surface area contributed by atoms with Crippen LogP contribution in [0.5, 0.6) is 0 Å². The van der Waals surface area contributed by atoms with Crippen LogP contribution in [0.15, 0.2) is 40.8 Å². The zero-order chi connectivity index (χ0) is 19.7. The number of aryl methyl sites for hydroxylation is 1. The number of benzene rings is 1. The predicted octanol–water partition coefficient (Wildman–Crippen LogP) is 3.39. The molecule has 0 aliphatic heterocycles. The van der Waals surface area contributed by atoms with Gasteiger partial charge in [0.2, 0.25) is 5.91 Å². The van der Waals surface area contributed by atoms with E-state index in [0.717, 1.165) is 29.5 Å². The van der Waals surface area contributed by atoms with Crippen LogP contribution in [0.4, 0.5) is 0 Å². The highest BCUT2D eigenvalue weighted by Gasteiger charge is 2.35. The zero-order valence-corrected chi connectivity index (χ0v) is 16.4. The van der Waals surface area contributed by atoms with Gasteiger partial charge in [-0.05, 0) is 38.2 Å². The molecular weight excluding hydrogens is 372 g/mol. The van der Waals surface area contributed by atoms with E-state index in [-0.39, 0.29) is 18.0 Å². The van der Waals surface area contributed by atoms with Crippen molar-refractivity contribution in [2.45, 2.75) is 44.7 Å². The lowest BCUT2D eigenvalue weighted by molar-refractivity contribution is -0.123. The molecule has 1 fully saturated rings. The maximum atomic E-state index is 13.1. The highest BCUT2D eigenvalue weighted by Crippen LogP contribution is 2.31. The molecule has 0 unspecified atom stereocenters. The summed E-state index contributed by atoms with van der Waals surface area (Å²) in [5.74, 6) is -0.334. The molecule has 7 heteroatoms. The largest absolute Gasteiger partial charge is 0.336 e. The lowest BCUT2D eigenvalue weighted by Crippen LogP contribution is -2.47. The third-order valence-electron chi connectivity index (χ3n) is 5.29. The van der Waals surface area contributed by atoms with E-state index in [1.54, 1.807) is 0 Å². The Morgan fingerprint density at radius 2 is 2.04 bits per heavy atom. The van der Waals surface area contributed by atoms with E-state index in [4.69, 9.17) is 0 Å². The van der Waals surface area contributed by atoms with Crippen LogP contribution in [0, 0.1) is 18.3 Å². The maximum absolute atomic E-state index is 13.1. The Bertz CT molecular complexity index is 1130. The van der Waals surface area contributed by atoms with Crippen molar-refractivity contribution in [3.05, 3.63) is 51.9 Å². The average Bonchev–Trinajstić information content (AvgIpc) is 3.33. The van der Waals surface area contributed by atoms with E-state index in [0.29, 0.717) is 23.1 Å². The maximum Gasteiger partial charge on any atom is 0.263 e. The molecule has 1 saturated carbocycles. The van der Waals surface area contributed by atoms with E-state index in [2.05, 4.69) is 16.4 Å². The molecular formula is C21H20N4O2S. The van der Waals surface area contributed by atoms with Gasteiger partial charge >= 0.3 is 0 Å². The summed E-state index contributed by atoms with van der Waals surface area (Å²) in [6.45, 7) is 1.87. The van der Waals surface area contributed by atoms with Gasteiger partial charge in [0.25, 0.3) is 5.56 Å². The van der Waals surface area contributed by atoms with Crippen LogP contribution in [0.25, 0.3) is 21.3 Å². The molecule has 1 aromatic carbocycles. The van der Waals surface area contributed by atoms with Crippen molar-refractivity contribution >= 4 is 27.5 Å². The molecule has 28 heavy (non-hydrogen) atoms. The summed E-state index contributed by atoms with van der Waals surface area (Å²) >= 11 is 1.42. The summed E-state index contributed by atoms with van der Waals surface area (Å²) in [5, 5.41) is 14.7. The van der Waals surface area contributed by atoms with Gasteiger partial charge in [-0.15, -0.1) is 11.3 Å². The number of thiophene rings is 1. The molecule has 0 atom stereocenters. The molecule has 142 valence electrons. The fraction of sp³-hybridized carbons (Fsp3) is 0.333. The van der Waals surface area contributed by atoms with Crippen molar-refractivity contribution in [1.82, 2.24) is 14.9 Å². The van der Waals surface area contributed by atoms with Crippen molar-refractivity contribution in [2.24, 2.45) is 0 Å². The van der Waals surface area contributed by atoms with Crippen LogP contribution in [0.3, 0.4) is 0 Å². The van der Waals surface area contributed by atoms with Crippen molar-refractivity contribution in [2.75, 3.05) is 0 Å². The van der Waals surface area contributed by atoms with Crippen LogP contribution in [0.1, 0.15) is 31.2 Å². The second-order valence-corrected chi connectivity index (χ2v) is 8.18. The first-order valence-electron chi connectivity index (χ1n) is 9.27. The van der Waals surface area contributed by atoms with E-state index >= 15 is 0 Å². The Balaban J connectivity index is 1.65. The van der Waals surface area contributed by atoms with Gasteiger partial charge in [-0.2, -0.15) is 5.26 Å². The molecule has 0 bridgehead atoms. The molecule has 0 radical (unpaired) electrons. The average molecular weight is 392 g/mol. The number of carbonyl (C=O) groups excluding carboxylic acids is 1. The van der Waals surface area contributed by atoms with Crippen LogP contribution in [0.2, 0.25) is 0 Å². The number of rotatable bonds is 4. The number of hydrogen-bond donors (Lipinski definition) is 1. The Morgan fingerprint density at radius 1 is 1.32 bits per heavy atom. The fourth-order valence-electron chi connectivity index (χ4n) is 3.73. The van der Waals surface area contributed by atoms with Gasteiger partial charge in [-0.1, -0.05) is 29.8 Å². The number of aromatic nitrogens is 2. The SMILES string of the molecule is Cc1ccc(-c2csc3ncn(CC(=O)NC4(C#N)CCCC4)c(=O)c23)cc1. The first-order chi connectivity index (χ1) is 13.5. The molecule has 1 amide bonds. The minimum absolute atomic E-state index is 0.144. The van der Waals surface area contributed by atoms with Gasteiger partial charge in [0.05, 0.1) is 17.8 Å². The van der Waals surface area contributed by atoms with Gasteiger partial charge < -0.3 is 5.32 Å². The number of amides is 1. The van der Waals surface area contributed by atoms with Crippen molar-refractivity contribution in [3.8, 4) is 17.2 Å².